The highest BCUT2D eigenvalue weighted by Crippen LogP contribution is 2.27. The molecule has 0 aliphatic carbocycles. The van der Waals surface area contributed by atoms with Crippen LogP contribution in [0.1, 0.15) is 51.4 Å². The summed E-state index contributed by atoms with van der Waals surface area (Å²) in [5.74, 6) is 0.721. The van der Waals surface area contributed by atoms with Crippen molar-refractivity contribution in [3.63, 3.8) is 0 Å². The minimum absolute atomic E-state index is 0.0620. The third kappa shape index (κ3) is 5.19. The number of benzene rings is 1. The molecular weight excluding hydrogens is 360 g/mol. The van der Waals surface area contributed by atoms with E-state index in [0.29, 0.717) is 30.5 Å². The molecule has 2 rings (SSSR count). The summed E-state index contributed by atoms with van der Waals surface area (Å²) < 4.78 is 27.8. The van der Waals surface area contributed by atoms with Crippen LogP contribution >= 0.6 is 11.6 Å². The van der Waals surface area contributed by atoms with Crippen LogP contribution in [0.5, 0.6) is 0 Å². The van der Waals surface area contributed by atoms with Gasteiger partial charge in [-0.15, -0.1) is 0 Å². The van der Waals surface area contributed by atoms with E-state index in [1.54, 1.807) is 31.7 Å². The van der Waals surface area contributed by atoms with Crippen LogP contribution in [-0.2, 0) is 10.0 Å². The van der Waals surface area contributed by atoms with Crippen molar-refractivity contribution in [3.05, 3.63) is 28.8 Å². The van der Waals surface area contributed by atoms with Crippen LogP contribution in [0.4, 0.5) is 0 Å². The molecule has 2 unspecified atom stereocenters. The summed E-state index contributed by atoms with van der Waals surface area (Å²) in [5.41, 5.74) is -0.292. The summed E-state index contributed by atoms with van der Waals surface area (Å²) in [4.78, 5) is 14.6. The molecule has 1 aliphatic heterocycles. The Morgan fingerprint density at radius 1 is 1.20 bits per heavy atom. The van der Waals surface area contributed by atoms with Crippen LogP contribution in [0, 0.1) is 11.8 Å². The van der Waals surface area contributed by atoms with Crippen molar-refractivity contribution in [1.29, 1.82) is 0 Å². The van der Waals surface area contributed by atoms with E-state index in [9.17, 15) is 13.2 Å². The minimum Gasteiger partial charge on any atom is -0.338 e. The summed E-state index contributed by atoms with van der Waals surface area (Å²) in [6.07, 6.45) is 1.10. The Hall–Kier alpha value is -1.11. The van der Waals surface area contributed by atoms with Gasteiger partial charge in [-0.25, -0.2) is 13.1 Å². The molecule has 1 aromatic carbocycles. The third-order valence-corrected chi connectivity index (χ3v) is 6.30. The van der Waals surface area contributed by atoms with E-state index in [1.807, 2.05) is 0 Å². The maximum atomic E-state index is 12.8. The van der Waals surface area contributed by atoms with Crippen molar-refractivity contribution in [1.82, 2.24) is 9.62 Å². The Labute approximate surface area is 155 Å². The monoisotopic (exact) mass is 386 g/mol. The van der Waals surface area contributed by atoms with E-state index < -0.39 is 15.6 Å². The second kappa shape index (κ2) is 7.25. The smallest absolute Gasteiger partial charge is 0.253 e. The molecule has 1 N–H and O–H groups in total. The van der Waals surface area contributed by atoms with E-state index in [4.69, 9.17) is 11.6 Å². The van der Waals surface area contributed by atoms with Crippen LogP contribution in [0.25, 0.3) is 0 Å². The van der Waals surface area contributed by atoms with Gasteiger partial charge in [-0.3, -0.25) is 4.79 Å². The number of nitrogens with one attached hydrogen (secondary N) is 1. The lowest BCUT2D eigenvalue weighted by Crippen LogP contribution is -2.43. The zero-order valence-electron chi connectivity index (χ0n) is 15.5. The molecule has 0 bridgehead atoms. The molecule has 1 fully saturated rings. The average molecular weight is 387 g/mol. The van der Waals surface area contributed by atoms with E-state index in [1.165, 1.54) is 12.1 Å². The summed E-state index contributed by atoms with van der Waals surface area (Å²) in [5, 5.41) is 0.105. The van der Waals surface area contributed by atoms with Gasteiger partial charge in [-0.2, -0.15) is 0 Å². The zero-order valence-corrected chi connectivity index (χ0v) is 17.0. The number of piperidine rings is 1. The second-order valence-corrected chi connectivity index (χ2v) is 10.2. The van der Waals surface area contributed by atoms with Crippen molar-refractivity contribution in [2.75, 3.05) is 13.1 Å². The standard InChI is InChI=1S/C18H27ClN2O3S/c1-12-8-13(2)11-21(10-12)17(22)14-6-7-15(19)16(9-14)25(23,24)20-18(3,4)5/h6-7,9,12-13,20H,8,10-11H2,1-5H3. The number of amides is 1. The highest BCUT2D eigenvalue weighted by molar-refractivity contribution is 7.89. The molecule has 0 radical (unpaired) electrons. The Morgan fingerprint density at radius 2 is 1.76 bits per heavy atom. The molecule has 2 atom stereocenters. The van der Waals surface area contributed by atoms with Crippen molar-refractivity contribution in [2.45, 2.75) is 51.5 Å². The van der Waals surface area contributed by atoms with Crippen LogP contribution < -0.4 is 4.72 Å². The van der Waals surface area contributed by atoms with Gasteiger partial charge in [0.25, 0.3) is 5.91 Å². The minimum atomic E-state index is -3.81. The number of likely N-dealkylation sites (tertiary alicyclic amines) is 1. The third-order valence-electron chi connectivity index (χ3n) is 4.06. The molecule has 0 saturated carbocycles. The maximum absolute atomic E-state index is 12.8. The zero-order chi connectivity index (χ0) is 19.0. The van der Waals surface area contributed by atoms with Crippen LogP contribution in [-0.4, -0.2) is 37.9 Å². The molecule has 25 heavy (non-hydrogen) atoms. The number of sulfonamides is 1. The Balaban J connectivity index is 2.34. The summed E-state index contributed by atoms with van der Waals surface area (Å²) in [6.45, 7) is 10.9. The largest absolute Gasteiger partial charge is 0.338 e. The Kier molecular flexibility index (Phi) is 5.86. The van der Waals surface area contributed by atoms with E-state index in [-0.39, 0.29) is 15.8 Å². The fraction of sp³-hybridized carbons (Fsp3) is 0.611. The van der Waals surface area contributed by atoms with E-state index in [0.717, 1.165) is 6.42 Å². The first-order valence-corrected chi connectivity index (χ1v) is 10.4. The number of hydrogen-bond acceptors (Lipinski definition) is 3. The van der Waals surface area contributed by atoms with Crippen molar-refractivity contribution in [2.24, 2.45) is 11.8 Å². The average Bonchev–Trinajstić information content (AvgIpc) is 2.43. The molecule has 1 aromatic rings. The number of hydrogen-bond donors (Lipinski definition) is 1. The van der Waals surface area contributed by atoms with Gasteiger partial charge < -0.3 is 4.90 Å². The lowest BCUT2D eigenvalue weighted by molar-refractivity contribution is 0.0623. The van der Waals surface area contributed by atoms with Crippen LogP contribution in [0.3, 0.4) is 0 Å². The van der Waals surface area contributed by atoms with Gasteiger partial charge in [0.15, 0.2) is 0 Å². The Morgan fingerprint density at radius 3 is 2.28 bits per heavy atom. The first-order valence-electron chi connectivity index (χ1n) is 8.52. The van der Waals surface area contributed by atoms with Crippen LogP contribution in [0.2, 0.25) is 5.02 Å². The number of carbonyl (C=O) groups is 1. The highest BCUT2D eigenvalue weighted by Gasteiger charge is 2.29. The molecule has 140 valence electrons. The van der Waals surface area contributed by atoms with Gasteiger partial charge in [0.05, 0.1) is 5.02 Å². The van der Waals surface area contributed by atoms with Gasteiger partial charge in [-0.05, 0) is 57.2 Å². The predicted octanol–water partition coefficient (Wildman–Crippen LogP) is 3.53. The number of nitrogens with zero attached hydrogens (tertiary/aromatic N) is 1. The predicted molar refractivity (Wildman–Crippen MR) is 100 cm³/mol. The summed E-state index contributed by atoms with van der Waals surface area (Å²) in [7, 11) is -3.81. The topological polar surface area (TPSA) is 66.5 Å². The number of rotatable bonds is 3. The first kappa shape index (κ1) is 20.2. The fourth-order valence-electron chi connectivity index (χ4n) is 3.31. The van der Waals surface area contributed by atoms with Gasteiger partial charge in [0.1, 0.15) is 4.90 Å². The van der Waals surface area contributed by atoms with Crippen LogP contribution in [0.15, 0.2) is 23.1 Å². The van der Waals surface area contributed by atoms with Gasteiger partial charge in [0.2, 0.25) is 10.0 Å². The molecule has 1 aliphatic rings. The molecular formula is C18H27ClN2O3S. The Bertz CT molecular complexity index is 746. The normalized spacial score (nSPS) is 22.1. The quantitative estimate of drug-likeness (QED) is 0.863. The SMILES string of the molecule is CC1CC(C)CN(C(=O)c2ccc(Cl)c(S(=O)(=O)NC(C)(C)C)c2)C1. The van der Waals surface area contributed by atoms with Gasteiger partial charge in [-0.1, -0.05) is 25.4 Å². The van der Waals surface area contributed by atoms with Crippen molar-refractivity contribution in [3.8, 4) is 0 Å². The van der Waals surface area contributed by atoms with E-state index in [2.05, 4.69) is 18.6 Å². The van der Waals surface area contributed by atoms with Crippen molar-refractivity contribution < 1.29 is 13.2 Å². The lowest BCUT2D eigenvalue weighted by Gasteiger charge is -2.35. The number of carbonyl (C=O) groups excluding carboxylic acids is 1. The molecule has 5 nitrogen and oxygen atoms in total. The van der Waals surface area contributed by atoms with Crippen molar-refractivity contribution >= 4 is 27.5 Å². The summed E-state index contributed by atoms with van der Waals surface area (Å²) >= 11 is 6.10. The first-order chi connectivity index (χ1) is 11.4. The molecule has 1 amide bonds. The highest BCUT2D eigenvalue weighted by atomic mass is 35.5. The summed E-state index contributed by atoms with van der Waals surface area (Å²) in [6, 6.07) is 4.44. The molecule has 1 saturated heterocycles. The maximum Gasteiger partial charge on any atom is 0.253 e. The molecule has 0 spiro atoms. The second-order valence-electron chi connectivity index (χ2n) is 8.16. The van der Waals surface area contributed by atoms with Gasteiger partial charge >= 0.3 is 0 Å². The molecule has 1 heterocycles. The molecule has 7 heteroatoms. The molecule has 0 aromatic heterocycles. The van der Waals surface area contributed by atoms with E-state index >= 15 is 0 Å². The lowest BCUT2D eigenvalue weighted by atomic mass is 9.91. The fourth-order valence-corrected chi connectivity index (χ4v) is 5.26. The number of halogens is 1. The van der Waals surface area contributed by atoms with Gasteiger partial charge in [0, 0.05) is 24.2 Å².